The Kier molecular flexibility index (Phi) is 7.60. The van der Waals surface area contributed by atoms with E-state index in [-0.39, 0.29) is 17.4 Å². The Balaban J connectivity index is 1.64. The van der Waals surface area contributed by atoms with Crippen LogP contribution in [0.4, 0.5) is 13.2 Å². The van der Waals surface area contributed by atoms with Crippen molar-refractivity contribution in [3.8, 4) is 5.69 Å². The van der Waals surface area contributed by atoms with Crippen molar-refractivity contribution in [3.63, 3.8) is 0 Å². The van der Waals surface area contributed by atoms with Crippen LogP contribution in [0.15, 0.2) is 34.6 Å². The number of benzene rings is 1. The van der Waals surface area contributed by atoms with Crippen molar-refractivity contribution < 1.29 is 18.0 Å². The van der Waals surface area contributed by atoms with Crippen molar-refractivity contribution in [2.24, 2.45) is 0 Å². The normalized spacial score (nSPS) is 11.7. The molecule has 32 heavy (non-hydrogen) atoms. The molecule has 0 bridgehead atoms. The molecule has 0 unspecified atom stereocenters. The zero-order valence-electron chi connectivity index (χ0n) is 17.2. The lowest BCUT2D eigenvalue weighted by Gasteiger charge is -2.17. The largest absolute Gasteiger partial charge is 0.416 e. The first-order valence-electron chi connectivity index (χ1n) is 9.43. The minimum absolute atomic E-state index is 0.0204. The highest BCUT2D eigenvalue weighted by atomic mass is 32.2. The average molecular weight is 488 g/mol. The van der Waals surface area contributed by atoms with Crippen LogP contribution in [0.3, 0.4) is 0 Å². The third-order valence-corrected chi connectivity index (χ3v) is 6.24. The Morgan fingerprint density at radius 2 is 1.69 bits per heavy atom. The van der Waals surface area contributed by atoms with Gasteiger partial charge >= 0.3 is 6.18 Å². The number of thioether (sulfide) groups is 2. The Hall–Kier alpha value is -2.81. The number of tetrazole rings is 1. The molecular weight excluding hydrogens is 467 g/mol. The highest BCUT2D eigenvalue weighted by molar-refractivity contribution is 8.00. The van der Waals surface area contributed by atoms with Crippen LogP contribution in [0.2, 0.25) is 0 Å². The molecule has 0 atom stereocenters. The van der Waals surface area contributed by atoms with Crippen LogP contribution in [0.1, 0.15) is 25.2 Å². The van der Waals surface area contributed by atoms with Crippen molar-refractivity contribution in [3.05, 3.63) is 35.7 Å². The zero-order valence-corrected chi connectivity index (χ0v) is 18.8. The fourth-order valence-electron chi connectivity index (χ4n) is 2.67. The van der Waals surface area contributed by atoms with Crippen LogP contribution in [-0.2, 0) is 16.7 Å². The van der Waals surface area contributed by atoms with Crippen molar-refractivity contribution in [2.75, 3.05) is 24.7 Å². The minimum atomic E-state index is -4.42. The first-order chi connectivity index (χ1) is 15.2. The van der Waals surface area contributed by atoms with Gasteiger partial charge in [0.1, 0.15) is 0 Å². The summed E-state index contributed by atoms with van der Waals surface area (Å²) in [5.41, 5.74) is -0.370. The summed E-state index contributed by atoms with van der Waals surface area (Å²) in [5.74, 6) is 6.84. The van der Waals surface area contributed by atoms with E-state index in [1.54, 1.807) is 4.90 Å². The van der Waals surface area contributed by atoms with Gasteiger partial charge in [-0.15, -0.1) is 15.3 Å². The van der Waals surface area contributed by atoms with Gasteiger partial charge in [0, 0.05) is 13.1 Å². The van der Waals surface area contributed by atoms with Gasteiger partial charge in [0.15, 0.2) is 5.82 Å². The molecule has 0 saturated carbocycles. The predicted molar refractivity (Wildman–Crippen MR) is 113 cm³/mol. The number of nitrogen functional groups attached to an aromatic ring is 1. The number of carbonyl (C=O) groups excluding carboxylic acids is 1. The first kappa shape index (κ1) is 23.8. The highest BCUT2D eigenvalue weighted by Gasteiger charge is 2.30. The van der Waals surface area contributed by atoms with Crippen LogP contribution in [-0.4, -0.2) is 64.7 Å². The maximum absolute atomic E-state index is 12.8. The van der Waals surface area contributed by atoms with Gasteiger partial charge in [0.05, 0.1) is 22.8 Å². The summed E-state index contributed by atoms with van der Waals surface area (Å²) < 4.78 is 40.9. The fourth-order valence-corrected chi connectivity index (χ4v) is 4.25. The molecule has 0 aliphatic carbocycles. The smallest absolute Gasteiger partial charge is 0.343 e. The molecule has 0 saturated heterocycles. The summed E-state index contributed by atoms with van der Waals surface area (Å²) in [7, 11) is 0. The van der Waals surface area contributed by atoms with Crippen LogP contribution >= 0.6 is 23.5 Å². The minimum Gasteiger partial charge on any atom is -0.343 e. The number of aromatic nitrogens is 7. The molecule has 10 nitrogen and oxygen atoms in total. The number of hydrogen-bond acceptors (Lipinski definition) is 9. The molecule has 0 fully saturated rings. The number of nitrogens with two attached hydrogens (primary N) is 1. The van der Waals surface area contributed by atoms with Crippen molar-refractivity contribution in [2.45, 2.75) is 36.1 Å². The number of rotatable bonds is 9. The van der Waals surface area contributed by atoms with E-state index in [4.69, 9.17) is 5.84 Å². The number of hydrogen-bond donors (Lipinski definition) is 1. The SMILES string of the molecule is CCN(CC)C(=O)CSc1nnc(SCc2nnnn2-c2ccc(C(F)(F)F)cc2)n1N. The lowest BCUT2D eigenvalue weighted by atomic mass is 10.2. The van der Waals surface area contributed by atoms with Gasteiger partial charge in [-0.25, -0.2) is 4.68 Å². The van der Waals surface area contributed by atoms with Crippen LogP contribution in [0.25, 0.3) is 5.69 Å². The molecule has 2 heterocycles. The molecule has 3 rings (SSSR count). The topological polar surface area (TPSA) is 121 Å². The first-order valence-corrected chi connectivity index (χ1v) is 11.4. The summed E-state index contributed by atoms with van der Waals surface area (Å²) in [5, 5.41) is 20.1. The second-order valence-electron chi connectivity index (χ2n) is 6.33. The summed E-state index contributed by atoms with van der Waals surface area (Å²) in [4.78, 5) is 13.8. The van der Waals surface area contributed by atoms with Crippen LogP contribution < -0.4 is 5.84 Å². The maximum atomic E-state index is 12.8. The third kappa shape index (κ3) is 5.51. The molecule has 0 radical (unpaired) electrons. The van der Waals surface area contributed by atoms with Gasteiger partial charge in [-0.3, -0.25) is 4.79 Å². The summed E-state index contributed by atoms with van der Waals surface area (Å²) in [6.07, 6.45) is -4.42. The second kappa shape index (κ2) is 10.2. The van der Waals surface area contributed by atoms with Crippen molar-refractivity contribution >= 4 is 29.4 Å². The molecule has 0 aliphatic rings. The fraction of sp³-hybridized carbons (Fsp3) is 0.412. The standard InChI is InChI=1S/C17H20F3N9OS2/c1-3-27(4-2)14(30)10-32-16-24-23-15(28(16)21)31-9-13-22-25-26-29(13)12-7-5-11(6-8-12)17(18,19)20/h5-8H,3-4,9-10,21H2,1-2H3. The Bertz CT molecular complexity index is 1050. The quantitative estimate of drug-likeness (QED) is 0.358. The summed E-state index contributed by atoms with van der Waals surface area (Å²) >= 11 is 2.39. The Morgan fingerprint density at radius 1 is 1.06 bits per heavy atom. The molecule has 3 aromatic rings. The molecule has 1 amide bonds. The number of amides is 1. The van der Waals surface area contributed by atoms with E-state index in [1.165, 1.54) is 45.0 Å². The molecule has 172 valence electrons. The molecule has 0 aliphatic heterocycles. The third-order valence-electron chi connectivity index (χ3n) is 4.38. The molecule has 2 N–H and O–H groups in total. The molecular formula is C17H20F3N9OS2. The van der Waals surface area contributed by atoms with Gasteiger partial charge in [0.25, 0.3) is 0 Å². The van der Waals surface area contributed by atoms with Gasteiger partial charge in [-0.05, 0) is 48.5 Å². The molecule has 2 aromatic heterocycles. The number of alkyl halides is 3. The molecule has 15 heteroatoms. The Labute approximate surface area is 189 Å². The van der Waals surface area contributed by atoms with E-state index in [1.807, 2.05) is 13.8 Å². The van der Waals surface area contributed by atoms with E-state index in [9.17, 15) is 18.0 Å². The maximum Gasteiger partial charge on any atom is 0.416 e. The zero-order chi connectivity index (χ0) is 23.3. The lowest BCUT2D eigenvalue weighted by Crippen LogP contribution is -2.32. The number of nitrogens with zero attached hydrogens (tertiary/aromatic N) is 8. The van der Waals surface area contributed by atoms with Crippen molar-refractivity contribution in [1.82, 2.24) is 40.0 Å². The number of carbonyl (C=O) groups is 1. The summed E-state index contributed by atoms with van der Waals surface area (Å²) in [6, 6.07) is 4.52. The van der Waals surface area contributed by atoms with Gasteiger partial charge in [0.2, 0.25) is 16.2 Å². The van der Waals surface area contributed by atoms with Crippen LogP contribution in [0, 0.1) is 0 Å². The number of halogens is 3. The predicted octanol–water partition coefficient (Wildman–Crippen LogP) is 2.24. The lowest BCUT2D eigenvalue weighted by molar-refractivity contribution is -0.137. The monoisotopic (exact) mass is 487 g/mol. The van der Waals surface area contributed by atoms with E-state index >= 15 is 0 Å². The average Bonchev–Trinajstić information content (AvgIpc) is 3.37. The van der Waals surface area contributed by atoms with Gasteiger partial charge in [-0.1, -0.05) is 23.5 Å². The van der Waals surface area contributed by atoms with Crippen molar-refractivity contribution in [1.29, 1.82) is 0 Å². The molecule has 0 spiro atoms. The van der Waals surface area contributed by atoms with Gasteiger partial charge in [-0.2, -0.15) is 17.9 Å². The van der Waals surface area contributed by atoms with E-state index < -0.39 is 11.7 Å². The van der Waals surface area contributed by atoms with E-state index in [0.29, 0.717) is 34.9 Å². The van der Waals surface area contributed by atoms with Gasteiger partial charge < -0.3 is 10.7 Å². The van der Waals surface area contributed by atoms with Crippen LogP contribution in [0.5, 0.6) is 0 Å². The molecule has 1 aromatic carbocycles. The Morgan fingerprint density at radius 3 is 2.28 bits per heavy atom. The summed E-state index contributed by atoms with van der Waals surface area (Å²) in [6.45, 7) is 5.06. The highest BCUT2D eigenvalue weighted by Crippen LogP contribution is 2.30. The van der Waals surface area contributed by atoms with E-state index in [2.05, 4.69) is 25.7 Å². The van der Waals surface area contributed by atoms with E-state index in [0.717, 1.165) is 12.1 Å². The second-order valence-corrected chi connectivity index (χ2v) is 8.22.